The summed E-state index contributed by atoms with van der Waals surface area (Å²) in [4.78, 5) is 7.12. The second-order valence-electron chi connectivity index (χ2n) is 8.10. The summed E-state index contributed by atoms with van der Waals surface area (Å²) in [6, 6.07) is 11.0. The van der Waals surface area contributed by atoms with E-state index in [1.54, 1.807) is 0 Å². The second kappa shape index (κ2) is 7.75. The number of fused-ring (bicyclic) bond motifs is 2. The molecule has 0 radical (unpaired) electrons. The molecule has 0 bridgehead atoms. The quantitative estimate of drug-likeness (QED) is 0.787. The number of nitrogens with zero attached hydrogens (tertiary/aromatic N) is 2. The zero-order valence-electron chi connectivity index (χ0n) is 16.6. The average molecular weight is 363 g/mol. The van der Waals surface area contributed by atoms with Gasteiger partial charge in [-0.25, -0.2) is 0 Å². The van der Waals surface area contributed by atoms with E-state index in [-0.39, 0.29) is 0 Å². The Morgan fingerprint density at radius 2 is 1.93 bits per heavy atom. The summed E-state index contributed by atoms with van der Waals surface area (Å²) in [5.41, 5.74) is 7.88. The molecule has 2 aromatic rings. The van der Waals surface area contributed by atoms with E-state index in [0.717, 1.165) is 37.3 Å². The van der Waals surface area contributed by atoms with Crippen LogP contribution in [-0.4, -0.2) is 23.5 Å². The number of pyridine rings is 1. The van der Waals surface area contributed by atoms with Crippen LogP contribution in [0.25, 0.3) is 0 Å². The summed E-state index contributed by atoms with van der Waals surface area (Å²) in [7, 11) is 2.13. The largest absolute Gasteiger partial charge is 0.493 e. The Morgan fingerprint density at radius 3 is 2.81 bits per heavy atom. The monoisotopic (exact) mass is 362 g/mol. The number of aromatic nitrogens is 1. The number of allylic oxidation sites excluding steroid dienone is 1. The molecule has 0 fully saturated rings. The Hall–Kier alpha value is -2.29. The van der Waals surface area contributed by atoms with Gasteiger partial charge in [0.25, 0.3) is 0 Å². The molecule has 1 atom stereocenters. The first-order chi connectivity index (χ1) is 13.1. The topological polar surface area (TPSA) is 25.4 Å². The van der Waals surface area contributed by atoms with Crippen LogP contribution in [0.15, 0.2) is 42.6 Å². The van der Waals surface area contributed by atoms with E-state index < -0.39 is 0 Å². The molecule has 1 aromatic heterocycles. The van der Waals surface area contributed by atoms with Gasteiger partial charge in [-0.2, -0.15) is 0 Å². The fraction of sp³-hybridized carbons (Fsp3) is 0.458. The molecule has 142 valence electrons. The maximum atomic E-state index is 6.07. The lowest BCUT2D eigenvalue weighted by atomic mass is 9.96. The number of aryl methyl sites for hydroxylation is 2. The molecule has 1 aliphatic carbocycles. The Balaban J connectivity index is 1.39. The fourth-order valence-corrected chi connectivity index (χ4v) is 4.26. The molecular weight excluding hydrogens is 332 g/mol. The number of hydrogen-bond acceptors (Lipinski definition) is 3. The van der Waals surface area contributed by atoms with Crippen LogP contribution in [0.2, 0.25) is 0 Å². The Labute approximate surface area is 163 Å². The van der Waals surface area contributed by atoms with Gasteiger partial charge in [0.05, 0.1) is 6.61 Å². The molecule has 27 heavy (non-hydrogen) atoms. The van der Waals surface area contributed by atoms with Crippen LogP contribution in [-0.2, 0) is 32.2 Å². The lowest BCUT2D eigenvalue weighted by Gasteiger charge is -2.22. The van der Waals surface area contributed by atoms with E-state index in [1.807, 2.05) is 0 Å². The van der Waals surface area contributed by atoms with Crippen molar-refractivity contribution in [3.8, 4) is 5.75 Å². The number of rotatable bonds is 4. The van der Waals surface area contributed by atoms with Crippen LogP contribution < -0.4 is 4.74 Å². The van der Waals surface area contributed by atoms with Crippen molar-refractivity contribution in [3.05, 3.63) is 70.7 Å². The molecular formula is C24H30N2O. The van der Waals surface area contributed by atoms with Crippen molar-refractivity contribution < 1.29 is 4.74 Å². The molecule has 0 amide bonds. The van der Waals surface area contributed by atoms with E-state index in [1.165, 1.54) is 47.3 Å². The summed E-state index contributed by atoms with van der Waals surface area (Å²) in [5, 5.41) is 0. The summed E-state index contributed by atoms with van der Waals surface area (Å²) in [6.07, 6.45) is 6.81. The van der Waals surface area contributed by atoms with Crippen molar-refractivity contribution in [2.45, 2.75) is 52.0 Å². The Morgan fingerprint density at radius 1 is 1.11 bits per heavy atom. The van der Waals surface area contributed by atoms with Crippen molar-refractivity contribution >= 4 is 0 Å². The molecule has 0 N–H and O–H groups in total. The maximum absolute atomic E-state index is 6.07. The van der Waals surface area contributed by atoms with Crippen LogP contribution in [0.5, 0.6) is 5.75 Å². The van der Waals surface area contributed by atoms with Gasteiger partial charge in [0, 0.05) is 37.1 Å². The molecule has 1 aromatic carbocycles. The van der Waals surface area contributed by atoms with E-state index in [4.69, 9.17) is 9.72 Å². The Kier molecular flexibility index (Phi) is 5.20. The highest BCUT2D eigenvalue weighted by molar-refractivity contribution is 5.38. The molecule has 0 unspecified atom stereocenters. The van der Waals surface area contributed by atoms with E-state index in [9.17, 15) is 0 Å². The summed E-state index contributed by atoms with van der Waals surface area (Å²) < 4.78 is 6.07. The number of benzene rings is 1. The smallest absolute Gasteiger partial charge is 0.119 e. The van der Waals surface area contributed by atoms with Gasteiger partial charge in [-0.15, -0.1) is 0 Å². The van der Waals surface area contributed by atoms with Gasteiger partial charge in [-0.05, 0) is 72.9 Å². The molecule has 2 aliphatic rings. The van der Waals surface area contributed by atoms with Crippen LogP contribution in [0, 0.1) is 5.92 Å². The molecule has 0 saturated heterocycles. The predicted molar refractivity (Wildman–Crippen MR) is 110 cm³/mol. The number of ether oxygens (including phenoxy) is 1. The third-order valence-electron chi connectivity index (χ3n) is 6.03. The number of hydrogen-bond donors (Lipinski definition) is 0. The van der Waals surface area contributed by atoms with E-state index >= 15 is 0 Å². The van der Waals surface area contributed by atoms with Crippen LogP contribution >= 0.6 is 0 Å². The summed E-state index contributed by atoms with van der Waals surface area (Å²) >= 11 is 0. The highest BCUT2D eigenvalue weighted by Crippen LogP contribution is 2.29. The lowest BCUT2D eigenvalue weighted by molar-refractivity contribution is 0.319. The highest BCUT2D eigenvalue weighted by atomic mass is 16.5. The van der Waals surface area contributed by atoms with Crippen molar-refractivity contribution in [2.24, 2.45) is 5.92 Å². The van der Waals surface area contributed by atoms with Gasteiger partial charge >= 0.3 is 0 Å². The first kappa shape index (κ1) is 18.1. The maximum Gasteiger partial charge on any atom is 0.119 e. The van der Waals surface area contributed by atoms with Crippen molar-refractivity contribution in [2.75, 3.05) is 13.7 Å². The minimum Gasteiger partial charge on any atom is -0.493 e. The minimum absolute atomic E-state index is 0.484. The lowest BCUT2D eigenvalue weighted by Crippen LogP contribution is -2.18. The predicted octanol–water partition coefficient (Wildman–Crippen LogP) is 4.72. The van der Waals surface area contributed by atoms with Crippen molar-refractivity contribution in [3.63, 3.8) is 0 Å². The van der Waals surface area contributed by atoms with Crippen LogP contribution in [0.1, 0.15) is 47.8 Å². The minimum atomic E-state index is 0.484. The third kappa shape index (κ3) is 4.02. The fourth-order valence-electron chi connectivity index (χ4n) is 4.26. The molecule has 1 aliphatic heterocycles. The first-order valence-electron chi connectivity index (χ1n) is 10.2. The molecule has 3 nitrogen and oxygen atoms in total. The molecule has 0 saturated carbocycles. The Bertz CT molecular complexity index is 842. The molecule has 4 rings (SSSR count). The van der Waals surface area contributed by atoms with Gasteiger partial charge in [0.15, 0.2) is 0 Å². The van der Waals surface area contributed by atoms with Gasteiger partial charge < -0.3 is 9.64 Å². The second-order valence-corrected chi connectivity index (χ2v) is 8.10. The van der Waals surface area contributed by atoms with Gasteiger partial charge in [0.2, 0.25) is 0 Å². The van der Waals surface area contributed by atoms with E-state index in [2.05, 4.69) is 55.8 Å². The van der Waals surface area contributed by atoms with Gasteiger partial charge in [-0.3, -0.25) is 4.98 Å². The van der Waals surface area contributed by atoms with Gasteiger partial charge in [-0.1, -0.05) is 25.6 Å². The zero-order chi connectivity index (χ0) is 18.8. The molecule has 3 heteroatoms. The van der Waals surface area contributed by atoms with Crippen LogP contribution in [0.3, 0.4) is 0 Å². The normalized spacial score (nSPS) is 19.3. The van der Waals surface area contributed by atoms with Crippen molar-refractivity contribution in [1.82, 2.24) is 9.88 Å². The van der Waals surface area contributed by atoms with Crippen LogP contribution in [0.4, 0.5) is 0 Å². The van der Waals surface area contributed by atoms with E-state index in [0.29, 0.717) is 12.5 Å². The van der Waals surface area contributed by atoms with Crippen molar-refractivity contribution in [1.29, 1.82) is 0 Å². The molecule has 0 spiro atoms. The first-order valence-corrected chi connectivity index (χ1v) is 10.2. The highest BCUT2D eigenvalue weighted by Gasteiger charge is 2.20. The summed E-state index contributed by atoms with van der Waals surface area (Å²) in [5.74, 6) is 1.44. The SMILES string of the molecule is C=C1[C@H](C)Cc2ccc(OCCc3ccc4c(n3)CCCC4)cc2CN1C. The molecule has 2 heterocycles. The zero-order valence-corrected chi connectivity index (χ0v) is 16.6. The third-order valence-corrected chi connectivity index (χ3v) is 6.03. The average Bonchev–Trinajstić information content (AvgIpc) is 2.78. The summed E-state index contributed by atoms with van der Waals surface area (Å²) in [6.45, 7) is 8.07. The van der Waals surface area contributed by atoms with Gasteiger partial charge in [0.1, 0.15) is 5.75 Å². The standard InChI is InChI=1S/C24H30N2O/c1-17-14-20-9-11-23(15-21(20)16-26(3)18(17)2)27-13-12-22-10-8-19-6-4-5-7-24(19)25-22/h8-11,15,17H,2,4-7,12-14,16H2,1,3H3/t17-/m1/s1.